The molecule has 0 aliphatic heterocycles. The first-order valence-electron chi connectivity index (χ1n) is 5.87. The molecule has 0 spiro atoms. The highest BCUT2D eigenvalue weighted by Crippen LogP contribution is 2.32. The maximum atomic E-state index is 14.4. The van der Waals surface area contributed by atoms with Gasteiger partial charge in [0.1, 0.15) is 0 Å². The Morgan fingerprint density at radius 3 is 2.15 bits per heavy atom. The standard InChI is InChI=1S/C13H17F2IN2O2/c1-12(2,3)20-18(4)11(17-19)13(14,15)9-5-7-10(16)8-6-9/h5-8,19H,1-4H3/b17-11-. The van der Waals surface area contributed by atoms with E-state index in [0.29, 0.717) is 0 Å². The van der Waals surface area contributed by atoms with Crippen LogP contribution in [0.3, 0.4) is 0 Å². The van der Waals surface area contributed by atoms with Crippen molar-refractivity contribution in [1.29, 1.82) is 0 Å². The van der Waals surface area contributed by atoms with Crippen molar-refractivity contribution in [2.45, 2.75) is 32.3 Å². The molecule has 4 nitrogen and oxygen atoms in total. The third-order valence-corrected chi connectivity index (χ3v) is 3.01. The van der Waals surface area contributed by atoms with Crippen LogP contribution in [0.5, 0.6) is 0 Å². The average Bonchev–Trinajstić information content (AvgIpc) is 2.27. The molecule has 0 fully saturated rings. The second-order valence-electron chi connectivity index (χ2n) is 5.21. The summed E-state index contributed by atoms with van der Waals surface area (Å²) in [5.41, 5.74) is -0.956. The Hall–Kier alpha value is -0.960. The first-order chi connectivity index (χ1) is 9.08. The van der Waals surface area contributed by atoms with E-state index in [4.69, 9.17) is 10.0 Å². The van der Waals surface area contributed by atoms with E-state index in [2.05, 4.69) is 5.16 Å². The van der Waals surface area contributed by atoms with Crippen molar-refractivity contribution in [2.24, 2.45) is 5.16 Å². The van der Waals surface area contributed by atoms with Gasteiger partial charge in [-0.1, -0.05) is 17.3 Å². The number of amidine groups is 1. The summed E-state index contributed by atoms with van der Waals surface area (Å²) in [6, 6.07) is 5.70. The van der Waals surface area contributed by atoms with Gasteiger partial charge in [0.25, 0.3) is 0 Å². The van der Waals surface area contributed by atoms with Crippen LogP contribution in [-0.2, 0) is 10.8 Å². The number of alkyl halides is 2. The summed E-state index contributed by atoms with van der Waals surface area (Å²) < 4.78 is 29.6. The first kappa shape index (κ1) is 17.1. The molecule has 0 heterocycles. The van der Waals surface area contributed by atoms with Gasteiger partial charge in [0.2, 0.25) is 5.84 Å². The van der Waals surface area contributed by atoms with Crippen LogP contribution in [0.2, 0.25) is 0 Å². The largest absolute Gasteiger partial charge is 0.409 e. The van der Waals surface area contributed by atoms with E-state index in [1.165, 1.54) is 19.2 Å². The summed E-state index contributed by atoms with van der Waals surface area (Å²) in [5.74, 6) is -4.33. The van der Waals surface area contributed by atoms with Crippen LogP contribution in [0, 0.1) is 3.57 Å². The van der Waals surface area contributed by atoms with Crippen molar-refractivity contribution < 1.29 is 18.8 Å². The van der Waals surface area contributed by atoms with Crippen molar-refractivity contribution in [3.05, 3.63) is 33.4 Å². The SMILES string of the molecule is CN(OC(C)(C)C)/C(=N\O)C(F)(F)c1ccc(I)cc1. The molecule has 0 saturated carbocycles. The fourth-order valence-electron chi connectivity index (χ4n) is 1.57. The summed E-state index contributed by atoms with van der Waals surface area (Å²) in [5, 5.41) is 12.4. The lowest BCUT2D eigenvalue weighted by atomic mass is 10.1. The highest BCUT2D eigenvalue weighted by Gasteiger charge is 2.43. The molecule has 0 atom stereocenters. The van der Waals surface area contributed by atoms with Gasteiger partial charge in [-0.3, -0.25) is 4.84 Å². The van der Waals surface area contributed by atoms with Crippen LogP contribution in [0.4, 0.5) is 8.78 Å². The van der Waals surface area contributed by atoms with Crippen molar-refractivity contribution >= 4 is 28.4 Å². The number of rotatable bonds is 3. The lowest BCUT2D eigenvalue weighted by Gasteiger charge is -2.31. The quantitative estimate of drug-likeness (QED) is 0.277. The highest BCUT2D eigenvalue weighted by atomic mass is 127. The second-order valence-corrected chi connectivity index (χ2v) is 6.45. The third-order valence-electron chi connectivity index (χ3n) is 2.29. The van der Waals surface area contributed by atoms with Crippen molar-refractivity contribution in [1.82, 2.24) is 5.06 Å². The highest BCUT2D eigenvalue weighted by molar-refractivity contribution is 14.1. The number of hydrogen-bond acceptors (Lipinski definition) is 3. The van der Waals surface area contributed by atoms with Gasteiger partial charge in [0.05, 0.1) is 5.60 Å². The topological polar surface area (TPSA) is 45.1 Å². The zero-order valence-corrected chi connectivity index (χ0v) is 13.9. The Morgan fingerprint density at radius 2 is 1.75 bits per heavy atom. The molecular formula is C13H17F2IN2O2. The normalized spacial score (nSPS) is 13.4. The minimum atomic E-state index is -3.46. The van der Waals surface area contributed by atoms with Crippen LogP contribution in [0.25, 0.3) is 0 Å². The van der Waals surface area contributed by atoms with Crippen LogP contribution < -0.4 is 0 Å². The van der Waals surface area contributed by atoms with Crippen LogP contribution in [0.15, 0.2) is 29.4 Å². The molecule has 0 unspecified atom stereocenters. The van der Waals surface area contributed by atoms with E-state index in [1.807, 2.05) is 22.6 Å². The van der Waals surface area contributed by atoms with Crippen LogP contribution >= 0.6 is 22.6 Å². The number of nitrogens with zero attached hydrogens (tertiary/aromatic N) is 2. The van der Waals surface area contributed by atoms with Gasteiger partial charge in [-0.25, -0.2) is 5.06 Å². The molecule has 20 heavy (non-hydrogen) atoms. The van der Waals surface area contributed by atoms with Gasteiger partial charge in [-0.05, 0) is 55.5 Å². The van der Waals surface area contributed by atoms with Crippen molar-refractivity contribution in [3.63, 3.8) is 0 Å². The zero-order chi connectivity index (χ0) is 15.6. The number of halogens is 3. The van der Waals surface area contributed by atoms with E-state index >= 15 is 0 Å². The molecular weight excluding hydrogens is 381 g/mol. The third kappa shape index (κ3) is 4.27. The molecule has 0 aromatic heterocycles. The number of benzene rings is 1. The van der Waals surface area contributed by atoms with Gasteiger partial charge in [0, 0.05) is 16.2 Å². The van der Waals surface area contributed by atoms with Gasteiger partial charge in [-0.15, -0.1) is 0 Å². The lowest BCUT2D eigenvalue weighted by Crippen LogP contribution is -2.43. The number of likely N-dealkylation sites (N-methyl/N-ethyl adjacent to an activating group) is 1. The van der Waals surface area contributed by atoms with E-state index in [9.17, 15) is 8.78 Å². The van der Waals surface area contributed by atoms with Gasteiger partial charge in [-0.2, -0.15) is 8.78 Å². The molecule has 1 aromatic carbocycles. The molecule has 0 aliphatic carbocycles. The molecule has 0 amide bonds. The Labute approximate surface area is 130 Å². The number of hydroxylamine groups is 2. The van der Waals surface area contributed by atoms with Crippen molar-refractivity contribution in [2.75, 3.05) is 7.05 Å². The predicted octanol–water partition coefficient (Wildman–Crippen LogP) is 3.83. The Morgan fingerprint density at radius 1 is 1.25 bits per heavy atom. The van der Waals surface area contributed by atoms with Gasteiger partial charge < -0.3 is 5.21 Å². The number of hydrogen-bond donors (Lipinski definition) is 1. The summed E-state index contributed by atoms with van der Waals surface area (Å²) in [7, 11) is 1.28. The monoisotopic (exact) mass is 398 g/mol. The van der Waals surface area contributed by atoms with E-state index < -0.39 is 17.4 Å². The Balaban J connectivity index is 3.07. The van der Waals surface area contributed by atoms with Gasteiger partial charge >= 0.3 is 5.92 Å². The Kier molecular flexibility index (Phi) is 5.31. The summed E-state index contributed by atoms with van der Waals surface area (Å²) in [4.78, 5) is 5.28. The minimum absolute atomic E-state index is 0.268. The maximum Gasteiger partial charge on any atom is 0.335 e. The molecule has 0 radical (unpaired) electrons. The molecule has 1 N–H and O–H groups in total. The molecule has 112 valence electrons. The fourth-order valence-corrected chi connectivity index (χ4v) is 1.93. The molecule has 0 saturated heterocycles. The van der Waals surface area contributed by atoms with E-state index in [1.54, 1.807) is 32.9 Å². The maximum absolute atomic E-state index is 14.4. The summed E-state index contributed by atoms with van der Waals surface area (Å²) in [6.45, 7) is 5.13. The summed E-state index contributed by atoms with van der Waals surface area (Å²) >= 11 is 2.02. The number of oxime groups is 1. The molecule has 7 heteroatoms. The van der Waals surface area contributed by atoms with E-state index in [-0.39, 0.29) is 5.56 Å². The molecule has 0 aliphatic rings. The van der Waals surface area contributed by atoms with Crippen molar-refractivity contribution in [3.8, 4) is 0 Å². The average molecular weight is 398 g/mol. The lowest BCUT2D eigenvalue weighted by molar-refractivity contribution is -0.179. The van der Waals surface area contributed by atoms with Crippen LogP contribution in [0.1, 0.15) is 26.3 Å². The molecule has 1 aromatic rings. The smallest absolute Gasteiger partial charge is 0.335 e. The molecule has 1 rings (SSSR count). The zero-order valence-electron chi connectivity index (χ0n) is 11.7. The molecule has 0 bridgehead atoms. The predicted molar refractivity (Wildman–Crippen MR) is 80.9 cm³/mol. The fraction of sp³-hybridized carbons (Fsp3) is 0.462. The van der Waals surface area contributed by atoms with E-state index in [0.717, 1.165) is 8.63 Å². The Bertz CT molecular complexity index is 484. The minimum Gasteiger partial charge on any atom is -0.409 e. The van der Waals surface area contributed by atoms with Crippen LogP contribution in [-0.4, -0.2) is 28.8 Å². The first-order valence-corrected chi connectivity index (χ1v) is 6.95. The second kappa shape index (κ2) is 6.21. The van der Waals surface area contributed by atoms with Gasteiger partial charge in [0.15, 0.2) is 0 Å². The summed E-state index contributed by atoms with van der Waals surface area (Å²) in [6.07, 6.45) is 0.